The quantitative estimate of drug-likeness (QED) is 0.383. The van der Waals surface area contributed by atoms with E-state index in [1.807, 2.05) is 12.1 Å². The van der Waals surface area contributed by atoms with Crippen molar-refractivity contribution in [2.24, 2.45) is 0 Å². The monoisotopic (exact) mass is 415 g/mol. The molecular formula is C21H29N5O4. The minimum atomic E-state index is -0.400. The van der Waals surface area contributed by atoms with Gasteiger partial charge in [0, 0.05) is 25.2 Å². The van der Waals surface area contributed by atoms with E-state index >= 15 is 0 Å². The summed E-state index contributed by atoms with van der Waals surface area (Å²) in [6.45, 7) is 9.04. The lowest BCUT2D eigenvalue weighted by molar-refractivity contribution is -0.386. The topological polar surface area (TPSA) is 103 Å². The van der Waals surface area contributed by atoms with Gasteiger partial charge < -0.3 is 10.1 Å². The smallest absolute Gasteiger partial charge is 0.312 e. The van der Waals surface area contributed by atoms with Gasteiger partial charge in [-0.15, -0.1) is 0 Å². The number of morpholine rings is 1. The summed E-state index contributed by atoms with van der Waals surface area (Å²) in [7, 11) is 0. The van der Waals surface area contributed by atoms with E-state index in [4.69, 9.17) is 4.74 Å². The van der Waals surface area contributed by atoms with Crippen LogP contribution in [-0.4, -0.2) is 64.9 Å². The van der Waals surface area contributed by atoms with Crippen LogP contribution in [0.5, 0.6) is 0 Å². The minimum Gasteiger partial charge on any atom is -0.379 e. The van der Waals surface area contributed by atoms with Crippen LogP contribution in [0.2, 0.25) is 0 Å². The lowest BCUT2D eigenvalue weighted by Gasteiger charge is -2.26. The maximum Gasteiger partial charge on any atom is 0.312 e. The Balaban J connectivity index is 1.45. The van der Waals surface area contributed by atoms with E-state index in [1.165, 1.54) is 0 Å². The molecular weight excluding hydrogens is 386 g/mol. The lowest BCUT2D eigenvalue weighted by Crippen LogP contribution is -2.37. The molecule has 0 radical (unpaired) electrons. The Bertz CT molecular complexity index is 872. The van der Waals surface area contributed by atoms with Crippen LogP contribution in [0, 0.1) is 24.0 Å². The molecule has 1 aromatic carbocycles. The van der Waals surface area contributed by atoms with Gasteiger partial charge in [-0.3, -0.25) is 24.5 Å². The Morgan fingerprint density at radius 1 is 1.20 bits per heavy atom. The number of unbranched alkanes of at least 4 members (excludes halogenated alkanes) is 1. The molecule has 9 heteroatoms. The van der Waals surface area contributed by atoms with Gasteiger partial charge in [-0.25, -0.2) is 0 Å². The molecule has 162 valence electrons. The van der Waals surface area contributed by atoms with E-state index in [-0.39, 0.29) is 11.6 Å². The van der Waals surface area contributed by atoms with Crippen molar-refractivity contribution in [2.75, 3.05) is 39.4 Å². The summed E-state index contributed by atoms with van der Waals surface area (Å²) in [4.78, 5) is 25.5. The summed E-state index contributed by atoms with van der Waals surface area (Å²) in [5.74, 6) is -0.0883. The molecule has 3 rings (SSSR count). The highest BCUT2D eigenvalue weighted by atomic mass is 16.6. The van der Waals surface area contributed by atoms with Crippen molar-refractivity contribution >= 4 is 11.6 Å². The number of nitrogens with zero attached hydrogens (tertiary/aromatic N) is 4. The average molecular weight is 415 g/mol. The van der Waals surface area contributed by atoms with E-state index < -0.39 is 4.92 Å². The summed E-state index contributed by atoms with van der Waals surface area (Å²) >= 11 is 0. The Morgan fingerprint density at radius 2 is 1.90 bits per heavy atom. The zero-order valence-electron chi connectivity index (χ0n) is 17.6. The molecule has 0 aliphatic carbocycles. The van der Waals surface area contributed by atoms with Gasteiger partial charge in [-0.05, 0) is 50.9 Å². The van der Waals surface area contributed by atoms with Crippen molar-refractivity contribution < 1.29 is 14.5 Å². The molecule has 2 aromatic rings. The van der Waals surface area contributed by atoms with Gasteiger partial charge in [0.15, 0.2) is 0 Å². The first-order valence-electron chi connectivity index (χ1n) is 10.3. The molecule has 2 heterocycles. The molecule has 0 saturated carbocycles. The molecule has 1 fully saturated rings. The summed E-state index contributed by atoms with van der Waals surface area (Å²) in [5.41, 5.74) is 2.52. The molecule has 1 aliphatic rings. The molecule has 1 N–H and O–H groups in total. The fourth-order valence-corrected chi connectivity index (χ4v) is 3.63. The minimum absolute atomic E-state index is 0.0552. The number of nitro groups is 1. The first kappa shape index (κ1) is 21.9. The third kappa shape index (κ3) is 5.64. The average Bonchev–Trinajstić information content (AvgIpc) is 3.02. The number of hydrogen-bond acceptors (Lipinski definition) is 6. The van der Waals surface area contributed by atoms with Gasteiger partial charge in [0.2, 0.25) is 0 Å². The van der Waals surface area contributed by atoms with Crippen LogP contribution >= 0.6 is 0 Å². The summed E-state index contributed by atoms with van der Waals surface area (Å²) < 4.78 is 6.96. The van der Waals surface area contributed by atoms with E-state index in [2.05, 4.69) is 15.3 Å². The van der Waals surface area contributed by atoms with E-state index in [0.29, 0.717) is 30.0 Å². The van der Waals surface area contributed by atoms with Crippen LogP contribution in [0.15, 0.2) is 24.3 Å². The van der Waals surface area contributed by atoms with Crippen LogP contribution in [0.25, 0.3) is 0 Å². The number of nitrogens with one attached hydrogen (secondary N) is 1. The van der Waals surface area contributed by atoms with Gasteiger partial charge in [0.25, 0.3) is 5.91 Å². The molecule has 0 spiro atoms. The highest BCUT2D eigenvalue weighted by molar-refractivity contribution is 5.94. The summed E-state index contributed by atoms with van der Waals surface area (Å²) in [6.07, 6.45) is 1.99. The van der Waals surface area contributed by atoms with Crippen molar-refractivity contribution in [1.29, 1.82) is 0 Å². The second-order valence-electron chi connectivity index (χ2n) is 7.55. The molecule has 9 nitrogen and oxygen atoms in total. The number of carbonyl (C=O) groups is 1. The second kappa shape index (κ2) is 10.3. The van der Waals surface area contributed by atoms with Crippen LogP contribution in [0.1, 0.15) is 40.2 Å². The van der Waals surface area contributed by atoms with Gasteiger partial charge >= 0.3 is 5.69 Å². The number of amides is 1. The lowest BCUT2D eigenvalue weighted by atomic mass is 10.1. The van der Waals surface area contributed by atoms with Crippen molar-refractivity contribution in [3.05, 3.63) is 56.9 Å². The second-order valence-corrected chi connectivity index (χ2v) is 7.55. The van der Waals surface area contributed by atoms with Gasteiger partial charge in [-0.1, -0.05) is 12.1 Å². The van der Waals surface area contributed by atoms with Crippen LogP contribution in [-0.2, 0) is 11.3 Å². The van der Waals surface area contributed by atoms with E-state index in [9.17, 15) is 14.9 Å². The van der Waals surface area contributed by atoms with Crippen molar-refractivity contribution in [3.8, 4) is 0 Å². The Labute approximate surface area is 176 Å². The van der Waals surface area contributed by atoms with Crippen LogP contribution < -0.4 is 5.32 Å². The predicted octanol–water partition coefficient (Wildman–Crippen LogP) is 2.30. The summed E-state index contributed by atoms with van der Waals surface area (Å²) in [5, 5.41) is 18.4. The molecule has 0 unspecified atom stereocenters. The normalized spacial score (nSPS) is 14.6. The number of rotatable bonds is 9. The van der Waals surface area contributed by atoms with Crippen molar-refractivity contribution in [2.45, 2.75) is 33.2 Å². The highest BCUT2D eigenvalue weighted by Gasteiger charge is 2.21. The van der Waals surface area contributed by atoms with E-state index in [1.54, 1.807) is 30.7 Å². The van der Waals surface area contributed by atoms with Crippen LogP contribution in [0.4, 0.5) is 5.69 Å². The largest absolute Gasteiger partial charge is 0.379 e. The predicted molar refractivity (Wildman–Crippen MR) is 113 cm³/mol. The Morgan fingerprint density at radius 3 is 2.53 bits per heavy atom. The zero-order chi connectivity index (χ0) is 21.5. The highest BCUT2D eigenvalue weighted by Crippen LogP contribution is 2.22. The fourth-order valence-electron chi connectivity index (χ4n) is 3.63. The van der Waals surface area contributed by atoms with Crippen molar-refractivity contribution in [3.63, 3.8) is 0 Å². The maximum absolute atomic E-state index is 12.3. The number of aromatic nitrogens is 2. The van der Waals surface area contributed by atoms with Gasteiger partial charge in [0.1, 0.15) is 11.4 Å². The molecule has 1 aromatic heterocycles. The molecule has 0 bridgehead atoms. The molecule has 1 saturated heterocycles. The standard InChI is InChI=1S/C21H29N5O4/c1-16-20(26(28)29)17(2)25(23-16)15-18-5-7-19(8-6-18)21(27)22-9-3-4-10-24-11-13-30-14-12-24/h5-8H,3-4,9-15H2,1-2H3,(H,22,27). The molecule has 0 atom stereocenters. The number of aryl methyl sites for hydroxylation is 1. The third-order valence-corrected chi connectivity index (χ3v) is 5.36. The number of hydrogen-bond donors (Lipinski definition) is 1. The Kier molecular flexibility index (Phi) is 7.53. The SMILES string of the molecule is Cc1nn(Cc2ccc(C(=O)NCCCCN3CCOCC3)cc2)c(C)c1[N+](=O)[O-]. The van der Waals surface area contributed by atoms with Crippen molar-refractivity contribution in [1.82, 2.24) is 20.0 Å². The fraction of sp³-hybridized carbons (Fsp3) is 0.524. The van der Waals surface area contributed by atoms with Gasteiger partial charge in [-0.2, -0.15) is 5.10 Å². The maximum atomic E-state index is 12.3. The van der Waals surface area contributed by atoms with Gasteiger partial charge in [0.05, 0.1) is 24.7 Å². The molecule has 1 amide bonds. The van der Waals surface area contributed by atoms with E-state index in [0.717, 1.165) is 51.3 Å². The number of benzene rings is 1. The summed E-state index contributed by atoms with van der Waals surface area (Å²) in [6, 6.07) is 7.27. The molecule has 30 heavy (non-hydrogen) atoms. The number of carbonyl (C=O) groups excluding carboxylic acids is 1. The Hall–Kier alpha value is -2.78. The first-order valence-corrected chi connectivity index (χ1v) is 10.3. The third-order valence-electron chi connectivity index (χ3n) is 5.36. The first-order chi connectivity index (χ1) is 14.5. The van der Waals surface area contributed by atoms with Crippen LogP contribution in [0.3, 0.4) is 0 Å². The molecule has 1 aliphatic heterocycles. The number of ether oxygens (including phenoxy) is 1. The zero-order valence-corrected chi connectivity index (χ0v) is 17.6.